The van der Waals surface area contributed by atoms with Gasteiger partial charge in [-0.2, -0.15) is 0 Å². The highest BCUT2D eigenvalue weighted by Gasteiger charge is 2.32. The molecule has 2 aliphatic heterocycles. The highest BCUT2D eigenvalue weighted by Crippen LogP contribution is 2.44. The maximum atomic E-state index is 11.9. The van der Waals surface area contributed by atoms with Crippen LogP contribution in [-0.2, 0) is 16.4 Å². The van der Waals surface area contributed by atoms with E-state index in [1.165, 1.54) is 0 Å². The van der Waals surface area contributed by atoms with Crippen LogP contribution in [0.4, 0.5) is 0 Å². The summed E-state index contributed by atoms with van der Waals surface area (Å²) in [5.41, 5.74) is 1.49. The Kier molecular flexibility index (Phi) is 5.26. The summed E-state index contributed by atoms with van der Waals surface area (Å²) in [4.78, 5) is 6.76. The van der Waals surface area contributed by atoms with E-state index in [1.54, 1.807) is 19.3 Å². The van der Waals surface area contributed by atoms with E-state index in [4.69, 9.17) is 18.6 Å². The Bertz CT molecular complexity index is 1030. The first kappa shape index (κ1) is 19.8. The number of benzene rings is 1. The summed E-state index contributed by atoms with van der Waals surface area (Å²) >= 11 is 0. The second-order valence-corrected chi connectivity index (χ2v) is 9.44. The standard InChI is InChI=1S/C20H24N2O6S/c1-4-6-22(15-5-7-29(23,24)11-15)10-16-13(2)28-20(21-16)14-8-17(25-3)19-18(9-14)26-12-27-19/h4,8-9,15H,1,5-7,10-12H2,2-3H3/t15-/m1/s1. The fraction of sp³-hybridized carbons (Fsp3) is 0.450. The number of fused-ring (bicyclic) bond motifs is 1. The van der Waals surface area contributed by atoms with Gasteiger partial charge in [0, 0.05) is 24.7 Å². The van der Waals surface area contributed by atoms with Crippen LogP contribution in [0.2, 0.25) is 0 Å². The number of ether oxygens (including phenoxy) is 3. The topological polar surface area (TPSA) is 91.1 Å². The lowest BCUT2D eigenvalue weighted by atomic mass is 10.2. The zero-order valence-electron chi connectivity index (χ0n) is 16.5. The van der Waals surface area contributed by atoms with Crippen LogP contribution in [-0.4, -0.2) is 56.3 Å². The third kappa shape index (κ3) is 3.97. The maximum Gasteiger partial charge on any atom is 0.231 e. The largest absolute Gasteiger partial charge is 0.493 e. The molecule has 1 saturated heterocycles. The van der Waals surface area contributed by atoms with E-state index < -0.39 is 9.84 Å². The van der Waals surface area contributed by atoms with Crippen molar-refractivity contribution >= 4 is 9.84 Å². The van der Waals surface area contributed by atoms with Gasteiger partial charge in [-0.05, 0) is 25.5 Å². The minimum absolute atomic E-state index is 0.0387. The second-order valence-electron chi connectivity index (χ2n) is 7.21. The minimum atomic E-state index is -2.97. The molecule has 9 heteroatoms. The highest BCUT2D eigenvalue weighted by atomic mass is 32.2. The van der Waals surface area contributed by atoms with Gasteiger partial charge in [-0.15, -0.1) is 6.58 Å². The van der Waals surface area contributed by atoms with Crippen molar-refractivity contribution < 1.29 is 27.0 Å². The molecule has 4 rings (SSSR count). The van der Waals surface area contributed by atoms with E-state index in [-0.39, 0.29) is 24.3 Å². The second kappa shape index (κ2) is 7.72. The lowest BCUT2D eigenvalue weighted by Gasteiger charge is -2.25. The molecule has 156 valence electrons. The van der Waals surface area contributed by atoms with Crippen LogP contribution >= 0.6 is 0 Å². The fourth-order valence-corrected chi connectivity index (χ4v) is 5.48. The number of hydrogen-bond acceptors (Lipinski definition) is 8. The molecule has 0 unspecified atom stereocenters. The molecule has 0 radical (unpaired) electrons. The Morgan fingerprint density at radius 1 is 1.38 bits per heavy atom. The number of rotatable bonds is 7. The molecule has 0 spiro atoms. The van der Waals surface area contributed by atoms with Crippen molar-refractivity contribution in [2.75, 3.05) is 32.0 Å². The van der Waals surface area contributed by atoms with Crippen LogP contribution in [0, 0.1) is 6.92 Å². The Morgan fingerprint density at radius 3 is 2.90 bits per heavy atom. The monoisotopic (exact) mass is 420 g/mol. The number of methoxy groups -OCH3 is 1. The normalized spacial score (nSPS) is 19.6. The number of aryl methyl sites for hydroxylation is 1. The average Bonchev–Trinajstić information content (AvgIpc) is 3.39. The van der Waals surface area contributed by atoms with Crippen molar-refractivity contribution in [3.8, 4) is 28.7 Å². The Balaban J connectivity index is 1.60. The van der Waals surface area contributed by atoms with E-state index in [1.807, 2.05) is 13.0 Å². The van der Waals surface area contributed by atoms with E-state index in [0.717, 1.165) is 11.3 Å². The summed E-state index contributed by atoms with van der Waals surface area (Å²) in [6.07, 6.45) is 2.41. The van der Waals surface area contributed by atoms with Crippen LogP contribution in [0.25, 0.3) is 11.5 Å². The van der Waals surface area contributed by atoms with Crippen molar-refractivity contribution in [2.45, 2.75) is 25.9 Å². The lowest BCUT2D eigenvalue weighted by molar-refractivity contribution is 0.171. The Morgan fingerprint density at radius 2 is 2.21 bits per heavy atom. The zero-order chi connectivity index (χ0) is 20.6. The summed E-state index contributed by atoms with van der Waals surface area (Å²) < 4.78 is 46.0. The van der Waals surface area contributed by atoms with Gasteiger partial charge in [0.1, 0.15) is 5.76 Å². The predicted octanol–water partition coefficient (Wildman–Crippen LogP) is 2.56. The molecule has 2 aromatic rings. The van der Waals surface area contributed by atoms with Crippen LogP contribution in [0.15, 0.2) is 29.2 Å². The molecule has 0 saturated carbocycles. The SMILES string of the molecule is C=CCN(Cc1nc(-c2cc(OC)c3c(c2)OCO3)oc1C)[C@@H]1CCS(=O)(=O)C1. The van der Waals surface area contributed by atoms with Gasteiger partial charge in [-0.1, -0.05) is 6.08 Å². The van der Waals surface area contributed by atoms with Crippen molar-refractivity contribution in [1.82, 2.24) is 9.88 Å². The molecule has 0 amide bonds. The molecular formula is C20H24N2O6S. The summed E-state index contributed by atoms with van der Waals surface area (Å²) in [5.74, 6) is 3.24. The summed E-state index contributed by atoms with van der Waals surface area (Å²) in [7, 11) is -1.41. The van der Waals surface area contributed by atoms with E-state index in [2.05, 4.69) is 16.5 Å². The molecular weight excluding hydrogens is 396 g/mol. The van der Waals surface area contributed by atoms with Crippen molar-refractivity contribution in [2.24, 2.45) is 0 Å². The van der Waals surface area contributed by atoms with E-state index >= 15 is 0 Å². The Hall–Kier alpha value is -2.52. The zero-order valence-corrected chi connectivity index (χ0v) is 17.3. The number of hydrogen-bond donors (Lipinski definition) is 0. The number of sulfone groups is 1. The van der Waals surface area contributed by atoms with Crippen molar-refractivity contribution in [1.29, 1.82) is 0 Å². The molecule has 0 N–H and O–H groups in total. The third-order valence-electron chi connectivity index (χ3n) is 5.24. The number of nitrogens with zero attached hydrogens (tertiary/aromatic N) is 2. The summed E-state index contributed by atoms with van der Waals surface area (Å²) in [5, 5.41) is 0. The molecule has 1 aromatic heterocycles. The maximum absolute atomic E-state index is 11.9. The van der Waals surface area contributed by atoms with Crippen LogP contribution in [0.1, 0.15) is 17.9 Å². The van der Waals surface area contributed by atoms with Gasteiger partial charge in [0.25, 0.3) is 0 Å². The van der Waals surface area contributed by atoms with Crippen LogP contribution in [0.3, 0.4) is 0 Å². The van der Waals surface area contributed by atoms with E-state index in [0.29, 0.717) is 48.4 Å². The summed E-state index contributed by atoms with van der Waals surface area (Å²) in [6, 6.07) is 3.57. The molecule has 1 aromatic carbocycles. The van der Waals surface area contributed by atoms with Gasteiger partial charge in [0.05, 0.1) is 24.3 Å². The van der Waals surface area contributed by atoms with Gasteiger partial charge in [0.15, 0.2) is 21.3 Å². The van der Waals surface area contributed by atoms with Crippen LogP contribution in [0.5, 0.6) is 17.2 Å². The first-order valence-electron chi connectivity index (χ1n) is 9.40. The highest BCUT2D eigenvalue weighted by molar-refractivity contribution is 7.91. The first-order chi connectivity index (χ1) is 13.9. The average molecular weight is 420 g/mol. The lowest BCUT2D eigenvalue weighted by Crippen LogP contribution is -2.36. The molecule has 1 fully saturated rings. The molecule has 1 atom stereocenters. The molecule has 3 heterocycles. The smallest absolute Gasteiger partial charge is 0.231 e. The number of oxazole rings is 1. The molecule has 8 nitrogen and oxygen atoms in total. The fourth-order valence-electron chi connectivity index (χ4n) is 3.72. The number of aromatic nitrogens is 1. The van der Waals surface area contributed by atoms with Gasteiger partial charge >= 0.3 is 0 Å². The molecule has 0 bridgehead atoms. The van der Waals surface area contributed by atoms with Gasteiger partial charge in [-0.25, -0.2) is 13.4 Å². The molecule has 2 aliphatic rings. The summed E-state index contributed by atoms with van der Waals surface area (Å²) in [6.45, 7) is 6.87. The van der Waals surface area contributed by atoms with Crippen LogP contribution < -0.4 is 14.2 Å². The van der Waals surface area contributed by atoms with Crippen molar-refractivity contribution in [3.05, 3.63) is 36.2 Å². The quantitative estimate of drug-likeness (QED) is 0.631. The first-order valence-corrected chi connectivity index (χ1v) is 11.2. The van der Waals surface area contributed by atoms with Gasteiger partial charge < -0.3 is 18.6 Å². The molecule has 0 aliphatic carbocycles. The minimum Gasteiger partial charge on any atom is -0.493 e. The van der Waals surface area contributed by atoms with E-state index in [9.17, 15) is 8.42 Å². The van der Waals surface area contributed by atoms with Crippen molar-refractivity contribution in [3.63, 3.8) is 0 Å². The van der Waals surface area contributed by atoms with Gasteiger partial charge in [0.2, 0.25) is 18.4 Å². The van der Waals surface area contributed by atoms with Gasteiger partial charge in [-0.3, -0.25) is 4.90 Å². The Labute approximate surface area is 170 Å². The third-order valence-corrected chi connectivity index (χ3v) is 6.99. The molecule has 29 heavy (non-hydrogen) atoms. The predicted molar refractivity (Wildman–Crippen MR) is 107 cm³/mol.